The number of rotatable bonds is 22. The Morgan fingerprint density at radius 3 is 2.00 bits per heavy atom. The Bertz CT molecular complexity index is 822. The van der Waals surface area contributed by atoms with Crippen LogP contribution in [0.25, 0.3) is 0 Å². The van der Waals surface area contributed by atoms with Gasteiger partial charge in [0.15, 0.2) is 0 Å². The number of carbonyl (C=O) groups excluding carboxylic acids is 1. The molecular weight excluding hydrogens is 466 g/mol. The second-order valence-corrected chi connectivity index (χ2v) is 9.23. The van der Waals surface area contributed by atoms with Gasteiger partial charge in [-0.2, -0.15) is 0 Å². The molecule has 0 aliphatic heterocycles. The molecule has 2 aromatic rings. The Hall–Kier alpha value is -2.57. The smallest absolute Gasteiger partial charge is 0.338 e. The van der Waals surface area contributed by atoms with Crippen LogP contribution in [0.5, 0.6) is 5.75 Å². The molecule has 0 saturated heterocycles. The molecule has 0 atom stereocenters. The third-order valence-corrected chi connectivity index (χ3v) is 6.05. The van der Waals surface area contributed by atoms with Crippen molar-refractivity contribution in [3.8, 4) is 5.75 Å². The van der Waals surface area contributed by atoms with Crippen molar-refractivity contribution in [2.45, 2.75) is 71.6 Å². The topological polar surface area (TPSA) is 66.0 Å². The van der Waals surface area contributed by atoms with Crippen LogP contribution in [-0.4, -0.2) is 52.2 Å². The van der Waals surface area contributed by atoms with Gasteiger partial charge in [0.05, 0.1) is 32.0 Å². The van der Waals surface area contributed by atoms with E-state index in [9.17, 15) is 4.79 Å². The summed E-state index contributed by atoms with van der Waals surface area (Å²) in [5.74, 6) is 0.531. The van der Waals surface area contributed by atoms with Gasteiger partial charge in [0, 0.05) is 12.2 Å². The van der Waals surface area contributed by atoms with Gasteiger partial charge in [-0.15, -0.1) is 0 Å². The van der Waals surface area contributed by atoms with Crippen molar-refractivity contribution >= 4 is 11.7 Å². The van der Waals surface area contributed by atoms with E-state index in [4.69, 9.17) is 18.9 Å². The van der Waals surface area contributed by atoms with Crippen molar-refractivity contribution in [2.75, 3.05) is 51.5 Å². The first-order valence-electron chi connectivity index (χ1n) is 14.1. The first-order chi connectivity index (χ1) is 18.2. The van der Waals surface area contributed by atoms with Crippen LogP contribution in [0.4, 0.5) is 5.69 Å². The average molecular weight is 514 g/mol. The molecule has 0 unspecified atom stereocenters. The van der Waals surface area contributed by atoms with Crippen LogP contribution >= 0.6 is 0 Å². The SMILES string of the molecule is CCCCCCCCc1ccc(OCCOCCOCCOC(=O)c2ccc(NCCCC)cc2)cc1. The molecule has 6 heteroatoms. The van der Waals surface area contributed by atoms with Crippen molar-refractivity contribution in [1.82, 2.24) is 0 Å². The van der Waals surface area contributed by atoms with Crippen molar-refractivity contribution in [2.24, 2.45) is 0 Å². The van der Waals surface area contributed by atoms with E-state index in [1.165, 1.54) is 44.1 Å². The predicted octanol–water partition coefficient (Wildman–Crippen LogP) is 7.07. The first kappa shape index (κ1) is 30.7. The highest BCUT2D eigenvalue weighted by molar-refractivity contribution is 5.89. The van der Waals surface area contributed by atoms with Gasteiger partial charge < -0.3 is 24.3 Å². The lowest BCUT2D eigenvalue weighted by molar-refractivity contribution is 0.0106. The first-order valence-corrected chi connectivity index (χ1v) is 14.1. The van der Waals surface area contributed by atoms with Crippen molar-refractivity contribution in [3.05, 3.63) is 59.7 Å². The normalized spacial score (nSPS) is 10.9. The standard InChI is InChI=1S/C31H47NO5/c1-3-5-7-8-9-10-11-27-12-18-30(19-13-27)36-25-23-34-21-22-35-24-26-37-31(33)28-14-16-29(17-15-28)32-20-6-4-2/h12-19,32H,3-11,20-26H2,1-2H3. The molecule has 0 radical (unpaired) electrons. The summed E-state index contributed by atoms with van der Waals surface area (Å²) in [6, 6.07) is 15.7. The number of esters is 1. The highest BCUT2D eigenvalue weighted by Gasteiger charge is 2.06. The quantitative estimate of drug-likeness (QED) is 0.134. The molecule has 0 aliphatic carbocycles. The van der Waals surface area contributed by atoms with Gasteiger partial charge >= 0.3 is 5.97 Å². The summed E-state index contributed by atoms with van der Waals surface area (Å²) in [7, 11) is 0. The second-order valence-electron chi connectivity index (χ2n) is 9.23. The molecule has 0 saturated carbocycles. The van der Waals surface area contributed by atoms with E-state index in [-0.39, 0.29) is 12.6 Å². The van der Waals surface area contributed by atoms with Crippen LogP contribution in [-0.2, 0) is 20.6 Å². The highest BCUT2D eigenvalue weighted by Crippen LogP contribution is 2.15. The maximum absolute atomic E-state index is 12.1. The lowest BCUT2D eigenvalue weighted by Crippen LogP contribution is -2.14. The fourth-order valence-electron chi connectivity index (χ4n) is 3.81. The molecule has 0 aliphatic rings. The third-order valence-electron chi connectivity index (χ3n) is 6.05. The molecule has 206 valence electrons. The minimum atomic E-state index is -0.340. The van der Waals surface area contributed by atoms with Crippen molar-refractivity contribution in [1.29, 1.82) is 0 Å². The van der Waals surface area contributed by atoms with Gasteiger partial charge in [-0.1, -0.05) is 64.5 Å². The van der Waals surface area contributed by atoms with Crippen LogP contribution in [0, 0.1) is 0 Å². The van der Waals surface area contributed by atoms with E-state index < -0.39 is 0 Å². The Balaban J connectivity index is 1.42. The van der Waals surface area contributed by atoms with Gasteiger partial charge in [-0.05, 0) is 61.2 Å². The second kappa shape index (κ2) is 20.5. The van der Waals surface area contributed by atoms with E-state index in [0.29, 0.717) is 38.6 Å². The number of hydrogen-bond acceptors (Lipinski definition) is 6. The zero-order valence-electron chi connectivity index (χ0n) is 23.0. The number of nitrogens with one attached hydrogen (secondary N) is 1. The molecule has 37 heavy (non-hydrogen) atoms. The zero-order chi connectivity index (χ0) is 26.4. The van der Waals surface area contributed by atoms with Crippen molar-refractivity contribution in [3.63, 3.8) is 0 Å². The summed E-state index contributed by atoms with van der Waals surface area (Å²) >= 11 is 0. The van der Waals surface area contributed by atoms with Crippen LogP contribution in [0.2, 0.25) is 0 Å². The van der Waals surface area contributed by atoms with Crippen LogP contribution in [0.1, 0.15) is 81.1 Å². The highest BCUT2D eigenvalue weighted by atomic mass is 16.6. The fraction of sp³-hybridized carbons (Fsp3) is 0.581. The molecule has 0 fully saturated rings. The predicted molar refractivity (Wildman–Crippen MR) is 151 cm³/mol. The molecule has 0 amide bonds. The van der Waals surface area contributed by atoms with E-state index >= 15 is 0 Å². The summed E-state index contributed by atoms with van der Waals surface area (Å²) in [5, 5.41) is 3.33. The lowest BCUT2D eigenvalue weighted by Gasteiger charge is -2.09. The number of ether oxygens (including phenoxy) is 4. The van der Waals surface area contributed by atoms with Gasteiger partial charge in [-0.25, -0.2) is 4.79 Å². The number of aryl methyl sites for hydroxylation is 1. The van der Waals surface area contributed by atoms with Crippen LogP contribution < -0.4 is 10.1 Å². The molecular formula is C31H47NO5. The van der Waals surface area contributed by atoms with E-state index in [1.807, 2.05) is 24.3 Å². The molecule has 0 heterocycles. The molecule has 2 rings (SSSR count). The minimum Gasteiger partial charge on any atom is -0.491 e. The molecule has 0 bridgehead atoms. The van der Waals surface area contributed by atoms with Crippen molar-refractivity contribution < 1.29 is 23.7 Å². The zero-order valence-corrected chi connectivity index (χ0v) is 23.0. The summed E-state index contributed by atoms with van der Waals surface area (Å²) in [6.45, 7) is 7.82. The van der Waals surface area contributed by atoms with Crippen LogP contribution in [0.15, 0.2) is 48.5 Å². The lowest BCUT2D eigenvalue weighted by atomic mass is 10.0. The summed E-state index contributed by atoms with van der Waals surface area (Å²) in [4.78, 5) is 12.1. The number of hydrogen-bond donors (Lipinski definition) is 1. The average Bonchev–Trinajstić information content (AvgIpc) is 2.93. The molecule has 0 spiro atoms. The number of unbranched alkanes of at least 4 members (excludes halogenated alkanes) is 6. The summed E-state index contributed by atoms with van der Waals surface area (Å²) in [5.41, 5.74) is 2.92. The van der Waals surface area contributed by atoms with E-state index in [2.05, 4.69) is 31.3 Å². The Kier molecular flexibility index (Phi) is 17.0. The van der Waals surface area contributed by atoms with Gasteiger partial charge in [-0.3, -0.25) is 0 Å². The van der Waals surface area contributed by atoms with E-state index in [1.54, 1.807) is 12.1 Å². The fourth-order valence-corrected chi connectivity index (χ4v) is 3.81. The molecule has 0 aromatic heterocycles. The molecule has 2 aromatic carbocycles. The number of anilines is 1. The third kappa shape index (κ3) is 14.7. The number of benzene rings is 2. The summed E-state index contributed by atoms with van der Waals surface area (Å²) in [6.07, 6.45) is 11.3. The Labute approximate surface area is 224 Å². The maximum Gasteiger partial charge on any atom is 0.338 e. The van der Waals surface area contributed by atoms with Crippen LogP contribution in [0.3, 0.4) is 0 Å². The van der Waals surface area contributed by atoms with E-state index in [0.717, 1.165) is 37.2 Å². The van der Waals surface area contributed by atoms with Gasteiger partial charge in [0.25, 0.3) is 0 Å². The molecule has 1 N–H and O–H groups in total. The maximum atomic E-state index is 12.1. The number of carbonyl (C=O) groups is 1. The largest absolute Gasteiger partial charge is 0.491 e. The summed E-state index contributed by atoms with van der Waals surface area (Å²) < 4.78 is 22.0. The minimum absolute atomic E-state index is 0.216. The molecule has 6 nitrogen and oxygen atoms in total. The monoisotopic (exact) mass is 513 g/mol. The Morgan fingerprint density at radius 1 is 0.676 bits per heavy atom. The van der Waals surface area contributed by atoms with Gasteiger partial charge in [0.1, 0.15) is 19.0 Å². The Morgan fingerprint density at radius 2 is 1.30 bits per heavy atom. The van der Waals surface area contributed by atoms with Gasteiger partial charge in [0.2, 0.25) is 0 Å².